The second kappa shape index (κ2) is 3.37. The Hall–Kier alpha value is 0.180. The molecule has 0 fully saturated rings. The first-order chi connectivity index (χ1) is 4.33. The lowest BCUT2D eigenvalue weighted by Gasteiger charge is -2.20. The molecule has 1 nitrogen and oxygen atoms in total. The smallest absolute Gasteiger partial charge is 0.0242 e. The van der Waals surface area contributed by atoms with Crippen molar-refractivity contribution in [3.05, 3.63) is 11.6 Å². The highest BCUT2D eigenvalue weighted by molar-refractivity contribution is 9.09. The number of likely N-dealkylation sites (N-methyl/N-ethyl adjacent to an activating group) is 1. The second-order valence-electron chi connectivity index (χ2n) is 2.51. The van der Waals surface area contributed by atoms with Crippen molar-refractivity contribution < 1.29 is 0 Å². The first-order valence-corrected chi connectivity index (χ1v) is 4.37. The fraction of sp³-hybridized carbons (Fsp3) is 0.714. The topological polar surface area (TPSA) is 3.24 Å². The summed E-state index contributed by atoms with van der Waals surface area (Å²) in [5.41, 5.74) is 1.55. The minimum atomic E-state index is 1.06. The molecule has 0 saturated heterocycles. The molecule has 0 aromatic rings. The van der Waals surface area contributed by atoms with Crippen LogP contribution in [0.4, 0.5) is 0 Å². The van der Waals surface area contributed by atoms with E-state index in [1.807, 2.05) is 0 Å². The standard InChI is InChI=1S/C7H12BrN/c1-9-4-2-7(6-8)3-5-9/h2H,3-6H2,1H3. The molecule has 2 heteroatoms. The van der Waals surface area contributed by atoms with E-state index in [0.717, 1.165) is 11.9 Å². The summed E-state index contributed by atoms with van der Waals surface area (Å²) < 4.78 is 0. The molecule has 1 aliphatic rings. The molecular formula is C7H12BrN. The Balaban J connectivity index is 2.40. The summed E-state index contributed by atoms with van der Waals surface area (Å²) in [7, 11) is 2.15. The van der Waals surface area contributed by atoms with Gasteiger partial charge in [-0.05, 0) is 13.5 Å². The Morgan fingerprint density at radius 3 is 3.00 bits per heavy atom. The second-order valence-corrected chi connectivity index (χ2v) is 3.07. The van der Waals surface area contributed by atoms with Crippen molar-refractivity contribution >= 4 is 15.9 Å². The van der Waals surface area contributed by atoms with Crippen molar-refractivity contribution in [1.82, 2.24) is 4.90 Å². The predicted octanol–water partition coefficient (Wildman–Crippen LogP) is 1.64. The van der Waals surface area contributed by atoms with Gasteiger partial charge in [0.2, 0.25) is 0 Å². The van der Waals surface area contributed by atoms with Gasteiger partial charge < -0.3 is 4.90 Å². The van der Waals surface area contributed by atoms with Gasteiger partial charge in [-0.2, -0.15) is 0 Å². The molecule has 1 heterocycles. The summed E-state index contributed by atoms with van der Waals surface area (Å²) in [6, 6.07) is 0. The van der Waals surface area contributed by atoms with E-state index in [-0.39, 0.29) is 0 Å². The summed E-state index contributed by atoms with van der Waals surface area (Å²) in [4.78, 5) is 2.33. The normalized spacial score (nSPS) is 21.8. The highest BCUT2D eigenvalue weighted by Gasteiger charge is 2.04. The number of halogens is 1. The molecule has 0 spiro atoms. The van der Waals surface area contributed by atoms with Crippen LogP contribution in [0.5, 0.6) is 0 Å². The molecule has 0 aliphatic carbocycles. The van der Waals surface area contributed by atoms with Gasteiger partial charge >= 0.3 is 0 Å². The number of hydrogen-bond donors (Lipinski definition) is 0. The van der Waals surface area contributed by atoms with E-state index in [1.165, 1.54) is 13.0 Å². The molecule has 1 rings (SSSR count). The molecule has 0 atom stereocenters. The molecule has 1 aliphatic heterocycles. The summed E-state index contributed by atoms with van der Waals surface area (Å²) in [6.07, 6.45) is 3.54. The fourth-order valence-corrected chi connectivity index (χ4v) is 1.44. The molecule has 0 bridgehead atoms. The van der Waals surface area contributed by atoms with E-state index >= 15 is 0 Å². The van der Waals surface area contributed by atoms with Crippen LogP contribution < -0.4 is 0 Å². The van der Waals surface area contributed by atoms with Crippen LogP contribution in [-0.4, -0.2) is 30.4 Å². The van der Waals surface area contributed by atoms with Gasteiger partial charge in [0.15, 0.2) is 0 Å². The van der Waals surface area contributed by atoms with Crippen molar-refractivity contribution in [2.75, 3.05) is 25.5 Å². The van der Waals surface area contributed by atoms with E-state index in [9.17, 15) is 0 Å². The number of nitrogens with zero attached hydrogens (tertiary/aromatic N) is 1. The quantitative estimate of drug-likeness (QED) is 0.448. The third-order valence-corrected chi connectivity index (χ3v) is 2.40. The SMILES string of the molecule is CN1CC=C(CBr)CC1. The highest BCUT2D eigenvalue weighted by atomic mass is 79.9. The molecule has 0 amide bonds. The van der Waals surface area contributed by atoms with Gasteiger partial charge in [-0.25, -0.2) is 0 Å². The third kappa shape index (κ3) is 2.11. The average Bonchev–Trinajstić information content (AvgIpc) is 1.90. The van der Waals surface area contributed by atoms with Crippen LogP contribution in [-0.2, 0) is 0 Å². The largest absolute Gasteiger partial charge is 0.302 e. The summed E-state index contributed by atoms with van der Waals surface area (Å²) in [5.74, 6) is 0. The maximum Gasteiger partial charge on any atom is 0.0242 e. The minimum Gasteiger partial charge on any atom is -0.302 e. The van der Waals surface area contributed by atoms with Gasteiger partial charge in [-0.15, -0.1) is 0 Å². The van der Waals surface area contributed by atoms with Gasteiger partial charge in [0.05, 0.1) is 0 Å². The lowest BCUT2D eigenvalue weighted by atomic mass is 10.1. The zero-order valence-corrected chi connectivity index (χ0v) is 7.32. The number of hydrogen-bond acceptors (Lipinski definition) is 1. The van der Waals surface area contributed by atoms with Crippen molar-refractivity contribution in [3.8, 4) is 0 Å². The number of rotatable bonds is 1. The zero-order valence-electron chi connectivity index (χ0n) is 5.73. The molecule has 0 aromatic heterocycles. The lowest BCUT2D eigenvalue weighted by molar-refractivity contribution is 0.360. The van der Waals surface area contributed by atoms with Gasteiger partial charge in [0, 0.05) is 18.4 Å². The molecule has 0 aromatic carbocycles. The Morgan fingerprint density at radius 2 is 2.56 bits per heavy atom. The summed E-state index contributed by atoms with van der Waals surface area (Å²) in [5, 5.41) is 1.06. The first-order valence-electron chi connectivity index (χ1n) is 3.25. The van der Waals surface area contributed by atoms with Crippen molar-refractivity contribution in [2.24, 2.45) is 0 Å². The molecule has 52 valence electrons. The maximum absolute atomic E-state index is 3.44. The van der Waals surface area contributed by atoms with Crippen LogP contribution in [0.1, 0.15) is 6.42 Å². The van der Waals surface area contributed by atoms with E-state index in [1.54, 1.807) is 5.57 Å². The minimum absolute atomic E-state index is 1.06. The molecule has 0 radical (unpaired) electrons. The predicted molar refractivity (Wildman–Crippen MR) is 44.0 cm³/mol. The molecule has 0 unspecified atom stereocenters. The van der Waals surface area contributed by atoms with Crippen LogP contribution in [0.15, 0.2) is 11.6 Å². The van der Waals surface area contributed by atoms with E-state index in [0.29, 0.717) is 0 Å². The average molecular weight is 190 g/mol. The van der Waals surface area contributed by atoms with Crippen LogP contribution >= 0.6 is 15.9 Å². The molecule has 0 saturated carbocycles. The van der Waals surface area contributed by atoms with E-state index in [2.05, 4.69) is 34.0 Å². The van der Waals surface area contributed by atoms with E-state index < -0.39 is 0 Å². The monoisotopic (exact) mass is 189 g/mol. The Labute approximate surface area is 64.9 Å². The first kappa shape index (κ1) is 7.29. The van der Waals surface area contributed by atoms with Crippen LogP contribution in [0.2, 0.25) is 0 Å². The molecule has 0 N–H and O–H groups in total. The van der Waals surface area contributed by atoms with Crippen molar-refractivity contribution in [1.29, 1.82) is 0 Å². The van der Waals surface area contributed by atoms with Gasteiger partial charge in [0.1, 0.15) is 0 Å². The van der Waals surface area contributed by atoms with E-state index in [4.69, 9.17) is 0 Å². The van der Waals surface area contributed by atoms with Crippen molar-refractivity contribution in [3.63, 3.8) is 0 Å². The van der Waals surface area contributed by atoms with Gasteiger partial charge in [0.25, 0.3) is 0 Å². The Kier molecular flexibility index (Phi) is 2.73. The number of alkyl halides is 1. The fourth-order valence-electron chi connectivity index (χ4n) is 0.934. The third-order valence-electron chi connectivity index (χ3n) is 1.68. The zero-order chi connectivity index (χ0) is 6.69. The van der Waals surface area contributed by atoms with Crippen LogP contribution in [0.3, 0.4) is 0 Å². The van der Waals surface area contributed by atoms with Gasteiger partial charge in [-0.1, -0.05) is 27.6 Å². The maximum atomic E-state index is 3.44. The highest BCUT2D eigenvalue weighted by Crippen LogP contribution is 2.10. The van der Waals surface area contributed by atoms with Crippen molar-refractivity contribution in [2.45, 2.75) is 6.42 Å². The van der Waals surface area contributed by atoms with Crippen LogP contribution in [0, 0.1) is 0 Å². The Morgan fingerprint density at radius 1 is 1.78 bits per heavy atom. The van der Waals surface area contributed by atoms with Gasteiger partial charge in [-0.3, -0.25) is 0 Å². The Bertz CT molecular complexity index is 120. The summed E-state index contributed by atoms with van der Waals surface area (Å²) in [6.45, 7) is 2.35. The molecule has 9 heavy (non-hydrogen) atoms. The molecular weight excluding hydrogens is 178 g/mol. The van der Waals surface area contributed by atoms with Crippen LogP contribution in [0.25, 0.3) is 0 Å². The summed E-state index contributed by atoms with van der Waals surface area (Å²) >= 11 is 3.44. The lowest BCUT2D eigenvalue weighted by Crippen LogP contribution is -2.24.